The molecule has 1 saturated carbocycles. The number of sulfonamides is 1. The van der Waals surface area contributed by atoms with E-state index in [1.165, 1.54) is 12.3 Å². The molecule has 1 amide bonds. The monoisotopic (exact) mass is 436 g/mol. The number of hydrogen-bond acceptors (Lipinski definition) is 5. The summed E-state index contributed by atoms with van der Waals surface area (Å²) in [6.45, 7) is 3.61. The number of carbonyl (C=O) groups is 1. The van der Waals surface area contributed by atoms with E-state index in [0.717, 1.165) is 24.2 Å². The van der Waals surface area contributed by atoms with Gasteiger partial charge in [-0.3, -0.25) is 9.52 Å². The zero-order chi connectivity index (χ0) is 22.0. The lowest BCUT2D eigenvalue weighted by Gasteiger charge is -2.13. The molecule has 0 saturated heterocycles. The van der Waals surface area contributed by atoms with Crippen LogP contribution in [0.25, 0.3) is 0 Å². The number of rotatable bonds is 7. The van der Waals surface area contributed by atoms with Gasteiger partial charge >= 0.3 is 0 Å². The Hall–Kier alpha value is -3.39. The van der Waals surface area contributed by atoms with Gasteiger partial charge in [0.05, 0.1) is 10.5 Å². The first-order valence-corrected chi connectivity index (χ1v) is 11.5. The highest BCUT2D eigenvalue weighted by molar-refractivity contribution is 7.92. The van der Waals surface area contributed by atoms with Crippen LogP contribution >= 0.6 is 0 Å². The van der Waals surface area contributed by atoms with Crippen LogP contribution in [0.3, 0.4) is 0 Å². The first kappa shape index (κ1) is 20.9. The lowest BCUT2D eigenvalue weighted by atomic mass is 10.2. The third-order valence-corrected chi connectivity index (χ3v) is 6.48. The van der Waals surface area contributed by atoms with Crippen LogP contribution in [0.5, 0.6) is 0 Å². The van der Waals surface area contributed by atoms with E-state index in [-0.39, 0.29) is 10.8 Å². The zero-order valence-corrected chi connectivity index (χ0v) is 18.2. The molecule has 4 rings (SSSR count). The van der Waals surface area contributed by atoms with Gasteiger partial charge in [-0.2, -0.15) is 0 Å². The molecule has 1 heterocycles. The van der Waals surface area contributed by atoms with Crippen molar-refractivity contribution in [1.29, 1.82) is 0 Å². The van der Waals surface area contributed by atoms with E-state index in [2.05, 4.69) is 20.3 Å². The van der Waals surface area contributed by atoms with E-state index in [1.807, 2.05) is 13.0 Å². The number of pyridine rings is 1. The number of hydrogen-bond donors (Lipinski definition) is 3. The van der Waals surface area contributed by atoms with Crippen molar-refractivity contribution < 1.29 is 13.2 Å². The summed E-state index contributed by atoms with van der Waals surface area (Å²) in [6, 6.07) is 15.9. The van der Waals surface area contributed by atoms with Gasteiger partial charge in [0.1, 0.15) is 5.82 Å². The number of nitrogens with zero attached hydrogens (tertiary/aromatic N) is 1. The van der Waals surface area contributed by atoms with Crippen molar-refractivity contribution in [3.8, 4) is 0 Å². The lowest BCUT2D eigenvalue weighted by molar-refractivity contribution is 0.102. The van der Waals surface area contributed by atoms with Gasteiger partial charge in [-0.1, -0.05) is 18.2 Å². The van der Waals surface area contributed by atoms with Gasteiger partial charge in [-0.25, -0.2) is 13.4 Å². The van der Waals surface area contributed by atoms with Crippen LogP contribution in [0.15, 0.2) is 65.7 Å². The third kappa shape index (κ3) is 5.21. The average Bonchev–Trinajstić information content (AvgIpc) is 3.53. The molecular formula is C23H24N4O3S. The van der Waals surface area contributed by atoms with Crippen LogP contribution in [-0.4, -0.2) is 25.4 Å². The molecule has 0 bridgehead atoms. The van der Waals surface area contributed by atoms with E-state index in [4.69, 9.17) is 0 Å². The number of aryl methyl sites for hydroxylation is 2. The fourth-order valence-corrected chi connectivity index (χ4v) is 4.46. The highest BCUT2D eigenvalue weighted by atomic mass is 32.2. The van der Waals surface area contributed by atoms with Crippen molar-refractivity contribution >= 4 is 33.1 Å². The van der Waals surface area contributed by atoms with Crippen molar-refractivity contribution in [3.05, 3.63) is 77.5 Å². The number of anilines is 3. The summed E-state index contributed by atoms with van der Waals surface area (Å²) >= 11 is 0. The van der Waals surface area contributed by atoms with E-state index in [9.17, 15) is 13.2 Å². The Morgan fingerprint density at radius 1 is 1.00 bits per heavy atom. The summed E-state index contributed by atoms with van der Waals surface area (Å²) in [5.74, 6) is 0.384. The van der Waals surface area contributed by atoms with E-state index >= 15 is 0 Å². The zero-order valence-electron chi connectivity index (χ0n) is 17.3. The van der Waals surface area contributed by atoms with E-state index < -0.39 is 10.0 Å². The van der Waals surface area contributed by atoms with Gasteiger partial charge in [0.15, 0.2) is 0 Å². The summed E-state index contributed by atoms with van der Waals surface area (Å²) < 4.78 is 28.5. The third-order valence-electron chi connectivity index (χ3n) is 4.96. The standard InChI is InChI=1S/C23H24N4O3S/c1-15-4-3-5-20(12-15)27-31(29,30)21-13-19(8-6-16(21)2)26-23(28)17-7-11-22(24-14-17)25-18-9-10-18/h3-8,11-14,18,27H,9-10H2,1-2H3,(H,24,25)(H,26,28). The van der Waals surface area contributed by atoms with Gasteiger partial charge in [-0.05, 0) is 74.2 Å². The number of carbonyl (C=O) groups excluding carboxylic acids is 1. The molecule has 8 heteroatoms. The molecule has 1 aromatic heterocycles. The molecule has 0 unspecified atom stereocenters. The summed E-state index contributed by atoms with van der Waals surface area (Å²) in [4.78, 5) is 17.0. The van der Waals surface area contributed by atoms with Gasteiger partial charge in [-0.15, -0.1) is 0 Å². The largest absolute Gasteiger partial charge is 0.367 e. The second-order valence-electron chi connectivity index (χ2n) is 7.76. The Morgan fingerprint density at radius 2 is 1.81 bits per heavy atom. The molecule has 0 radical (unpaired) electrons. The highest BCUT2D eigenvalue weighted by Gasteiger charge is 2.21. The molecule has 7 nitrogen and oxygen atoms in total. The summed E-state index contributed by atoms with van der Waals surface area (Å²) in [5.41, 5.74) is 2.80. The molecule has 3 N–H and O–H groups in total. The minimum atomic E-state index is -3.82. The Balaban J connectivity index is 1.50. The summed E-state index contributed by atoms with van der Waals surface area (Å²) in [6.07, 6.45) is 3.79. The fraction of sp³-hybridized carbons (Fsp3) is 0.217. The molecule has 31 heavy (non-hydrogen) atoms. The second-order valence-corrected chi connectivity index (χ2v) is 9.41. The predicted molar refractivity (Wildman–Crippen MR) is 122 cm³/mol. The fourth-order valence-electron chi connectivity index (χ4n) is 3.14. The minimum absolute atomic E-state index is 0.105. The highest BCUT2D eigenvalue weighted by Crippen LogP contribution is 2.25. The average molecular weight is 437 g/mol. The normalized spacial score (nSPS) is 13.5. The van der Waals surface area contributed by atoms with Crippen LogP contribution in [0.4, 0.5) is 17.2 Å². The second kappa shape index (κ2) is 8.39. The van der Waals surface area contributed by atoms with Crippen LogP contribution in [0.2, 0.25) is 0 Å². The molecule has 1 aliphatic rings. The van der Waals surface area contributed by atoms with E-state index in [1.54, 1.807) is 49.4 Å². The molecule has 2 aromatic carbocycles. The summed E-state index contributed by atoms with van der Waals surface area (Å²) in [7, 11) is -3.82. The Bertz CT molecular complexity index is 1220. The van der Waals surface area contributed by atoms with Crippen molar-refractivity contribution in [1.82, 2.24) is 4.98 Å². The van der Waals surface area contributed by atoms with Gasteiger partial charge in [0.25, 0.3) is 15.9 Å². The smallest absolute Gasteiger partial charge is 0.262 e. The predicted octanol–water partition coefficient (Wildman–Crippen LogP) is 4.33. The lowest BCUT2D eigenvalue weighted by Crippen LogP contribution is -2.16. The van der Waals surface area contributed by atoms with Crippen LogP contribution in [0, 0.1) is 13.8 Å². The van der Waals surface area contributed by atoms with Crippen LogP contribution < -0.4 is 15.4 Å². The van der Waals surface area contributed by atoms with Crippen molar-refractivity contribution in [3.63, 3.8) is 0 Å². The number of benzene rings is 2. The van der Waals surface area contributed by atoms with Crippen molar-refractivity contribution in [2.24, 2.45) is 0 Å². The number of nitrogens with one attached hydrogen (secondary N) is 3. The molecule has 0 spiro atoms. The maximum atomic E-state index is 12.9. The Morgan fingerprint density at radius 3 is 2.48 bits per heavy atom. The molecule has 3 aromatic rings. The van der Waals surface area contributed by atoms with Gasteiger partial charge in [0, 0.05) is 23.6 Å². The summed E-state index contributed by atoms with van der Waals surface area (Å²) in [5, 5.41) is 6.02. The molecular weight excluding hydrogens is 412 g/mol. The van der Waals surface area contributed by atoms with Crippen LogP contribution in [0.1, 0.15) is 34.3 Å². The number of aromatic nitrogens is 1. The topological polar surface area (TPSA) is 100 Å². The minimum Gasteiger partial charge on any atom is -0.367 e. The molecule has 0 atom stereocenters. The maximum Gasteiger partial charge on any atom is 0.262 e. The SMILES string of the molecule is Cc1cccc(NS(=O)(=O)c2cc(NC(=O)c3ccc(NC4CC4)nc3)ccc2C)c1. The van der Waals surface area contributed by atoms with E-state index in [0.29, 0.717) is 28.5 Å². The molecule has 1 fully saturated rings. The van der Waals surface area contributed by atoms with Crippen molar-refractivity contribution in [2.45, 2.75) is 37.6 Å². The Kier molecular flexibility index (Phi) is 5.65. The van der Waals surface area contributed by atoms with Gasteiger partial charge < -0.3 is 10.6 Å². The molecule has 160 valence electrons. The first-order valence-electron chi connectivity index (χ1n) is 10.0. The maximum absolute atomic E-state index is 12.9. The Labute approximate surface area is 182 Å². The first-order chi connectivity index (χ1) is 14.8. The number of amides is 1. The van der Waals surface area contributed by atoms with Crippen LogP contribution in [-0.2, 0) is 10.0 Å². The molecule has 0 aliphatic heterocycles. The quantitative estimate of drug-likeness (QED) is 0.512. The van der Waals surface area contributed by atoms with Crippen molar-refractivity contribution in [2.75, 3.05) is 15.4 Å². The molecule has 1 aliphatic carbocycles. The van der Waals surface area contributed by atoms with Gasteiger partial charge in [0.2, 0.25) is 0 Å².